The highest BCUT2D eigenvalue weighted by molar-refractivity contribution is 5.75. The Balaban J connectivity index is 2.55. The van der Waals surface area contributed by atoms with Gasteiger partial charge in [-0.05, 0) is 38.5 Å². The first kappa shape index (κ1) is 17.8. The monoisotopic (exact) mass is 298 g/mol. The zero-order chi connectivity index (χ0) is 16.0. The van der Waals surface area contributed by atoms with Crippen molar-refractivity contribution in [3.63, 3.8) is 0 Å². The van der Waals surface area contributed by atoms with Gasteiger partial charge in [0.2, 0.25) is 0 Å². The van der Waals surface area contributed by atoms with Gasteiger partial charge in [-0.2, -0.15) is 0 Å². The number of carboxylic acids is 1. The van der Waals surface area contributed by atoms with E-state index in [0.717, 1.165) is 32.4 Å². The lowest BCUT2D eigenvalue weighted by Crippen LogP contribution is -2.50. The third kappa shape index (κ3) is 5.21. The number of hydrogen-bond acceptors (Lipinski definition) is 2. The minimum atomic E-state index is -0.803. The van der Waals surface area contributed by atoms with E-state index in [0.29, 0.717) is 18.4 Å². The smallest absolute Gasteiger partial charge is 0.320 e. The number of piperidine rings is 1. The van der Waals surface area contributed by atoms with E-state index in [2.05, 4.69) is 13.8 Å². The standard InChI is InChI=1S/C16H30N2O3/c1-5-16(4)8-11-17(12-9-16)15(21)18(13(2)3)10-6-7-14(19)20/h13H,5-12H2,1-4H3,(H,19,20). The lowest BCUT2D eigenvalue weighted by molar-refractivity contribution is -0.137. The highest BCUT2D eigenvalue weighted by atomic mass is 16.4. The Morgan fingerprint density at radius 3 is 2.29 bits per heavy atom. The molecule has 0 aliphatic carbocycles. The number of urea groups is 1. The van der Waals surface area contributed by atoms with E-state index < -0.39 is 5.97 Å². The number of nitrogens with zero attached hydrogens (tertiary/aromatic N) is 2. The molecular weight excluding hydrogens is 268 g/mol. The van der Waals surface area contributed by atoms with Gasteiger partial charge in [-0.3, -0.25) is 4.79 Å². The summed E-state index contributed by atoms with van der Waals surface area (Å²) in [6.07, 6.45) is 3.89. The van der Waals surface area contributed by atoms with Crippen LogP contribution in [0.5, 0.6) is 0 Å². The highest BCUT2D eigenvalue weighted by Gasteiger charge is 2.32. The van der Waals surface area contributed by atoms with Crippen molar-refractivity contribution < 1.29 is 14.7 Å². The fourth-order valence-corrected chi connectivity index (χ4v) is 2.75. The summed E-state index contributed by atoms with van der Waals surface area (Å²) in [5.41, 5.74) is 0.364. The number of rotatable bonds is 6. The van der Waals surface area contributed by atoms with Gasteiger partial charge < -0.3 is 14.9 Å². The molecule has 0 atom stereocenters. The molecule has 1 heterocycles. The summed E-state index contributed by atoms with van der Waals surface area (Å²) in [4.78, 5) is 27.0. The van der Waals surface area contributed by atoms with Crippen LogP contribution in [0.25, 0.3) is 0 Å². The van der Waals surface area contributed by atoms with Crippen molar-refractivity contribution in [3.05, 3.63) is 0 Å². The lowest BCUT2D eigenvalue weighted by atomic mass is 9.78. The van der Waals surface area contributed by atoms with Crippen LogP contribution in [0, 0.1) is 5.41 Å². The molecule has 1 aliphatic heterocycles. The van der Waals surface area contributed by atoms with E-state index in [-0.39, 0.29) is 18.5 Å². The van der Waals surface area contributed by atoms with Crippen LogP contribution in [-0.2, 0) is 4.79 Å². The Morgan fingerprint density at radius 1 is 1.29 bits per heavy atom. The summed E-state index contributed by atoms with van der Waals surface area (Å²) in [6.45, 7) is 10.6. The van der Waals surface area contributed by atoms with Gasteiger partial charge in [0.25, 0.3) is 0 Å². The van der Waals surface area contributed by atoms with Gasteiger partial charge in [-0.15, -0.1) is 0 Å². The van der Waals surface area contributed by atoms with E-state index in [1.165, 1.54) is 0 Å². The van der Waals surface area contributed by atoms with Crippen LogP contribution in [0.4, 0.5) is 4.79 Å². The van der Waals surface area contributed by atoms with Crippen LogP contribution < -0.4 is 0 Å². The Morgan fingerprint density at radius 2 is 1.86 bits per heavy atom. The van der Waals surface area contributed by atoms with Crippen molar-refractivity contribution in [2.24, 2.45) is 5.41 Å². The van der Waals surface area contributed by atoms with Crippen LogP contribution in [0.2, 0.25) is 0 Å². The summed E-state index contributed by atoms with van der Waals surface area (Å²) in [7, 11) is 0. The normalized spacial score (nSPS) is 17.9. The van der Waals surface area contributed by atoms with Crippen LogP contribution in [0.3, 0.4) is 0 Å². The lowest BCUT2D eigenvalue weighted by Gasteiger charge is -2.41. The molecule has 0 spiro atoms. The van der Waals surface area contributed by atoms with Crippen molar-refractivity contribution in [3.8, 4) is 0 Å². The van der Waals surface area contributed by atoms with Crippen LogP contribution in [0.1, 0.15) is 59.8 Å². The van der Waals surface area contributed by atoms with Gasteiger partial charge in [0, 0.05) is 32.1 Å². The van der Waals surface area contributed by atoms with E-state index in [1.807, 2.05) is 18.7 Å². The predicted octanol–water partition coefficient (Wildman–Crippen LogP) is 3.19. The molecule has 1 saturated heterocycles. The molecule has 5 nitrogen and oxygen atoms in total. The van der Waals surface area contributed by atoms with Crippen molar-refractivity contribution in [1.82, 2.24) is 9.80 Å². The molecule has 5 heteroatoms. The zero-order valence-corrected chi connectivity index (χ0v) is 13.9. The van der Waals surface area contributed by atoms with Crippen molar-refractivity contribution in [2.75, 3.05) is 19.6 Å². The summed E-state index contributed by atoms with van der Waals surface area (Å²) >= 11 is 0. The van der Waals surface area contributed by atoms with Crippen LogP contribution in [0.15, 0.2) is 0 Å². The van der Waals surface area contributed by atoms with Crippen LogP contribution in [-0.4, -0.2) is 52.6 Å². The van der Waals surface area contributed by atoms with Gasteiger partial charge in [0.05, 0.1) is 0 Å². The Hall–Kier alpha value is -1.26. The van der Waals surface area contributed by atoms with Crippen LogP contribution >= 0.6 is 0 Å². The van der Waals surface area contributed by atoms with Crippen molar-refractivity contribution >= 4 is 12.0 Å². The zero-order valence-electron chi connectivity index (χ0n) is 13.9. The largest absolute Gasteiger partial charge is 0.481 e. The summed E-state index contributed by atoms with van der Waals surface area (Å²) in [6, 6.07) is 0.166. The number of carbonyl (C=O) groups excluding carboxylic acids is 1. The molecule has 0 aromatic carbocycles. The third-order valence-corrected chi connectivity index (χ3v) is 4.75. The van der Waals surface area contributed by atoms with E-state index in [1.54, 1.807) is 4.90 Å². The predicted molar refractivity (Wildman–Crippen MR) is 83.3 cm³/mol. The number of hydrogen-bond donors (Lipinski definition) is 1. The van der Waals surface area contributed by atoms with E-state index in [9.17, 15) is 9.59 Å². The molecule has 0 aromatic heterocycles. The van der Waals surface area contributed by atoms with Gasteiger partial charge in [-0.1, -0.05) is 20.3 Å². The molecular formula is C16H30N2O3. The number of aliphatic carboxylic acids is 1. The molecule has 1 N–H and O–H groups in total. The minimum absolute atomic E-state index is 0.0635. The minimum Gasteiger partial charge on any atom is -0.481 e. The fourth-order valence-electron chi connectivity index (χ4n) is 2.75. The first-order valence-electron chi connectivity index (χ1n) is 8.06. The average Bonchev–Trinajstić information content (AvgIpc) is 2.43. The van der Waals surface area contributed by atoms with Gasteiger partial charge in [0.1, 0.15) is 0 Å². The summed E-state index contributed by atoms with van der Waals surface area (Å²) in [5.74, 6) is -0.803. The summed E-state index contributed by atoms with van der Waals surface area (Å²) < 4.78 is 0. The SMILES string of the molecule is CCC1(C)CCN(C(=O)N(CCCC(=O)O)C(C)C)CC1. The molecule has 122 valence electrons. The number of amides is 2. The molecule has 1 fully saturated rings. The molecule has 0 bridgehead atoms. The first-order chi connectivity index (χ1) is 9.79. The second kappa shape index (κ2) is 7.66. The fraction of sp³-hybridized carbons (Fsp3) is 0.875. The molecule has 0 aromatic rings. The van der Waals surface area contributed by atoms with Crippen molar-refractivity contribution in [1.29, 1.82) is 0 Å². The molecule has 1 rings (SSSR count). The van der Waals surface area contributed by atoms with Gasteiger partial charge in [-0.25, -0.2) is 4.79 Å². The average molecular weight is 298 g/mol. The second-order valence-corrected chi connectivity index (χ2v) is 6.72. The quantitative estimate of drug-likeness (QED) is 0.819. The maximum atomic E-state index is 12.6. The number of likely N-dealkylation sites (tertiary alicyclic amines) is 1. The molecule has 0 saturated carbocycles. The third-order valence-electron chi connectivity index (χ3n) is 4.75. The van der Waals surface area contributed by atoms with Gasteiger partial charge in [0.15, 0.2) is 0 Å². The van der Waals surface area contributed by atoms with Crippen molar-refractivity contribution in [2.45, 2.75) is 65.8 Å². The van der Waals surface area contributed by atoms with Gasteiger partial charge >= 0.3 is 12.0 Å². The highest BCUT2D eigenvalue weighted by Crippen LogP contribution is 2.34. The summed E-state index contributed by atoms with van der Waals surface area (Å²) in [5, 5.41) is 8.72. The molecule has 1 aliphatic rings. The molecule has 2 amide bonds. The number of carbonyl (C=O) groups is 2. The van der Waals surface area contributed by atoms with E-state index >= 15 is 0 Å². The number of carboxylic acid groups (broad SMARTS) is 1. The Bertz CT molecular complexity index is 361. The Labute approximate surface area is 128 Å². The maximum Gasteiger partial charge on any atom is 0.320 e. The first-order valence-corrected chi connectivity index (χ1v) is 8.06. The van der Waals surface area contributed by atoms with E-state index in [4.69, 9.17) is 5.11 Å². The molecule has 0 unspecified atom stereocenters. The topological polar surface area (TPSA) is 60.9 Å². The second-order valence-electron chi connectivity index (χ2n) is 6.72. The molecule has 21 heavy (non-hydrogen) atoms. The maximum absolute atomic E-state index is 12.6. The Kier molecular flexibility index (Phi) is 6.49. The molecule has 0 radical (unpaired) electrons.